The lowest BCUT2D eigenvalue weighted by Gasteiger charge is -2.31. The Morgan fingerprint density at radius 3 is 2.43 bits per heavy atom. The molecule has 41 valence electrons. The maximum absolute atomic E-state index is 5.00. The van der Waals surface area contributed by atoms with E-state index < -0.39 is 0 Å². The standard InChI is InChI=1S/C5H10NO/c1-4-5(7-2)3-6-4/h4-5H,3H2,1-2H3. The van der Waals surface area contributed by atoms with Gasteiger partial charge in [0, 0.05) is 19.7 Å². The van der Waals surface area contributed by atoms with E-state index in [-0.39, 0.29) is 0 Å². The molecule has 0 aromatic heterocycles. The van der Waals surface area contributed by atoms with E-state index in [4.69, 9.17) is 4.74 Å². The van der Waals surface area contributed by atoms with Crippen LogP contribution in [0.5, 0.6) is 0 Å². The van der Waals surface area contributed by atoms with Gasteiger partial charge in [0.2, 0.25) is 0 Å². The monoisotopic (exact) mass is 100 g/mol. The highest BCUT2D eigenvalue weighted by molar-refractivity contribution is 4.84. The third-order valence-corrected chi connectivity index (χ3v) is 1.41. The molecule has 7 heavy (non-hydrogen) atoms. The lowest BCUT2D eigenvalue weighted by atomic mass is 10.1. The van der Waals surface area contributed by atoms with E-state index >= 15 is 0 Å². The molecule has 0 saturated carbocycles. The number of nitrogens with zero attached hydrogens (tertiary/aromatic N) is 1. The van der Waals surface area contributed by atoms with Crippen molar-refractivity contribution in [1.29, 1.82) is 0 Å². The zero-order valence-corrected chi connectivity index (χ0v) is 4.72. The van der Waals surface area contributed by atoms with Crippen molar-refractivity contribution < 1.29 is 4.74 Å². The first-order valence-corrected chi connectivity index (χ1v) is 2.54. The number of rotatable bonds is 1. The predicted octanol–water partition coefficient (Wildman–Crippen LogP) is 0.00790. The minimum absolute atomic E-state index is 0.417. The van der Waals surface area contributed by atoms with E-state index in [2.05, 4.69) is 12.2 Å². The topological polar surface area (TPSA) is 23.3 Å². The van der Waals surface area contributed by atoms with Crippen molar-refractivity contribution in [2.45, 2.75) is 19.1 Å². The summed E-state index contributed by atoms with van der Waals surface area (Å²) >= 11 is 0. The summed E-state index contributed by atoms with van der Waals surface area (Å²) in [6.07, 6.45) is 0.417. The van der Waals surface area contributed by atoms with Crippen molar-refractivity contribution >= 4 is 0 Å². The van der Waals surface area contributed by atoms with Gasteiger partial charge in [-0.25, -0.2) is 5.32 Å². The molecule has 1 fully saturated rings. The number of ether oxygens (including phenoxy) is 1. The van der Waals surface area contributed by atoms with Gasteiger partial charge in [0.1, 0.15) is 0 Å². The summed E-state index contributed by atoms with van der Waals surface area (Å²) in [5, 5.41) is 4.10. The first-order chi connectivity index (χ1) is 3.34. The Kier molecular flexibility index (Phi) is 1.30. The van der Waals surface area contributed by atoms with E-state index in [9.17, 15) is 0 Å². The SMILES string of the molecule is COC1C[N]C1C. The van der Waals surface area contributed by atoms with Crippen LogP contribution in [0, 0.1) is 0 Å². The summed E-state index contributed by atoms with van der Waals surface area (Å²) < 4.78 is 5.00. The van der Waals surface area contributed by atoms with Gasteiger partial charge in [-0.2, -0.15) is 0 Å². The molecule has 0 bridgehead atoms. The summed E-state index contributed by atoms with van der Waals surface area (Å²) in [4.78, 5) is 0. The van der Waals surface area contributed by atoms with E-state index in [1.165, 1.54) is 0 Å². The van der Waals surface area contributed by atoms with E-state index in [1.807, 2.05) is 0 Å². The Hall–Kier alpha value is -0.0800. The van der Waals surface area contributed by atoms with Crippen molar-refractivity contribution in [3.8, 4) is 0 Å². The molecule has 1 radical (unpaired) electrons. The van der Waals surface area contributed by atoms with Crippen LogP contribution in [0.25, 0.3) is 0 Å². The summed E-state index contributed by atoms with van der Waals surface area (Å²) in [5.74, 6) is 0. The maximum Gasteiger partial charge on any atom is 0.0878 e. The van der Waals surface area contributed by atoms with Crippen LogP contribution in [0.4, 0.5) is 0 Å². The van der Waals surface area contributed by atoms with Gasteiger partial charge in [-0.3, -0.25) is 0 Å². The lowest BCUT2D eigenvalue weighted by Crippen LogP contribution is -2.51. The Morgan fingerprint density at radius 2 is 2.43 bits per heavy atom. The normalized spacial score (nSPS) is 40.3. The molecule has 2 unspecified atom stereocenters. The van der Waals surface area contributed by atoms with E-state index in [1.54, 1.807) is 7.11 Å². The first kappa shape index (κ1) is 5.06. The Balaban J connectivity index is 2.16. The molecule has 2 heteroatoms. The zero-order valence-electron chi connectivity index (χ0n) is 4.72. The average Bonchev–Trinajstić information content (AvgIpc) is 1.65. The predicted molar refractivity (Wildman–Crippen MR) is 27.3 cm³/mol. The van der Waals surface area contributed by atoms with Crippen LogP contribution >= 0.6 is 0 Å². The molecule has 0 amide bonds. The number of methoxy groups -OCH3 is 1. The molecular weight excluding hydrogens is 90.1 g/mol. The van der Waals surface area contributed by atoms with Gasteiger partial charge in [-0.05, 0) is 6.92 Å². The van der Waals surface area contributed by atoms with Crippen molar-refractivity contribution in [1.82, 2.24) is 5.32 Å². The zero-order chi connectivity index (χ0) is 5.28. The highest BCUT2D eigenvalue weighted by Crippen LogP contribution is 2.07. The molecule has 1 heterocycles. The van der Waals surface area contributed by atoms with Crippen LogP contribution in [0.15, 0.2) is 0 Å². The molecule has 2 atom stereocenters. The van der Waals surface area contributed by atoms with Gasteiger partial charge in [0.15, 0.2) is 0 Å². The van der Waals surface area contributed by atoms with Crippen molar-refractivity contribution in [2.24, 2.45) is 0 Å². The minimum atomic E-state index is 0.417. The number of hydrogen-bond acceptors (Lipinski definition) is 1. The highest BCUT2D eigenvalue weighted by Gasteiger charge is 2.26. The Morgan fingerprint density at radius 1 is 1.71 bits per heavy atom. The van der Waals surface area contributed by atoms with Gasteiger partial charge in [-0.1, -0.05) is 0 Å². The molecule has 0 aromatic carbocycles. The molecule has 1 aliphatic heterocycles. The van der Waals surface area contributed by atoms with Gasteiger partial charge < -0.3 is 4.74 Å². The highest BCUT2D eigenvalue weighted by atomic mass is 16.5. The van der Waals surface area contributed by atoms with Gasteiger partial charge in [0.05, 0.1) is 6.10 Å². The third kappa shape index (κ3) is 0.763. The van der Waals surface area contributed by atoms with Gasteiger partial charge >= 0.3 is 0 Å². The fourth-order valence-electron chi connectivity index (χ4n) is 0.674. The molecule has 1 aliphatic rings. The van der Waals surface area contributed by atoms with E-state index in [0.717, 1.165) is 6.54 Å². The third-order valence-electron chi connectivity index (χ3n) is 1.41. The molecule has 2 nitrogen and oxygen atoms in total. The van der Waals surface area contributed by atoms with Gasteiger partial charge in [0.25, 0.3) is 0 Å². The largest absolute Gasteiger partial charge is 0.378 e. The Bertz CT molecular complexity index is 63.1. The summed E-state index contributed by atoms with van der Waals surface area (Å²) in [7, 11) is 1.73. The fraction of sp³-hybridized carbons (Fsp3) is 1.00. The molecule has 0 spiro atoms. The van der Waals surface area contributed by atoms with Gasteiger partial charge in [-0.15, -0.1) is 0 Å². The molecule has 0 N–H and O–H groups in total. The van der Waals surface area contributed by atoms with Crippen molar-refractivity contribution in [3.05, 3.63) is 0 Å². The summed E-state index contributed by atoms with van der Waals surface area (Å²) in [6, 6.07) is 0.449. The van der Waals surface area contributed by atoms with E-state index in [0.29, 0.717) is 12.1 Å². The lowest BCUT2D eigenvalue weighted by molar-refractivity contribution is 0.0200. The quantitative estimate of drug-likeness (QED) is 0.455. The molecule has 1 rings (SSSR count). The van der Waals surface area contributed by atoms with Crippen LogP contribution in [-0.2, 0) is 4.74 Å². The first-order valence-electron chi connectivity index (χ1n) is 2.54. The minimum Gasteiger partial charge on any atom is -0.378 e. The van der Waals surface area contributed by atoms with Crippen LogP contribution in [-0.4, -0.2) is 25.8 Å². The summed E-state index contributed by atoms with van der Waals surface area (Å²) in [5.41, 5.74) is 0. The average molecular weight is 100 g/mol. The van der Waals surface area contributed by atoms with Crippen LogP contribution < -0.4 is 5.32 Å². The molecule has 0 aliphatic carbocycles. The second-order valence-corrected chi connectivity index (χ2v) is 1.88. The van der Waals surface area contributed by atoms with Crippen LogP contribution in [0.2, 0.25) is 0 Å². The van der Waals surface area contributed by atoms with Crippen molar-refractivity contribution in [3.63, 3.8) is 0 Å². The second kappa shape index (κ2) is 1.80. The van der Waals surface area contributed by atoms with Crippen LogP contribution in [0.3, 0.4) is 0 Å². The molecule has 1 saturated heterocycles. The second-order valence-electron chi connectivity index (χ2n) is 1.88. The summed E-state index contributed by atoms with van der Waals surface area (Å²) in [6.45, 7) is 2.97. The smallest absolute Gasteiger partial charge is 0.0878 e. The van der Waals surface area contributed by atoms with Crippen LogP contribution in [0.1, 0.15) is 6.92 Å². The fourth-order valence-corrected chi connectivity index (χ4v) is 0.674. The van der Waals surface area contributed by atoms with Crippen molar-refractivity contribution in [2.75, 3.05) is 13.7 Å². The molecule has 0 aromatic rings. The maximum atomic E-state index is 5.00. The Labute approximate surface area is 43.9 Å². The molecular formula is C5H10NO. The number of hydrogen-bond donors (Lipinski definition) is 0.